The van der Waals surface area contributed by atoms with Gasteiger partial charge in [-0.3, -0.25) is 9.59 Å². The first-order valence-corrected chi connectivity index (χ1v) is 10.0. The summed E-state index contributed by atoms with van der Waals surface area (Å²) >= 11 is 0. The van der Waals surface area contributed by atoms with Gasteiger partial charge >= 0.3 is 0 Å². The summed E-state index contributed by atoms with van der Waals surface area (Å²) in [5.41, 5.74) is 4.15. The molecule has 0 bridgehead atoms. The molecule has 5 heteroatoms. The lowest BCUT2D eigenvalue weighted by molar-refractivity contribution is -0.117. The summed E-state index contributed by atoms with van der Waals surface area (Å²) in [4.78, 5) is 26.4. The van der Waals surface area contributed by atoms with Gasteiger partial charge in [-0.15, -0.1) is 0 Å². The molecule has 28 heavy (non-hydrogen) atoms. The van der Waals surface area contributed by atoms with Gasteiger partial charge in [-0.25, -0.2) is 0 Å². The van der Waals surface area contributed by atoms with Gasteiger partial charge in [-0.1, -0.05) is 12.1 Å². The van der Waals surface area contributed by atoms with Crippen LogP contribution in [0.25, 0.3) is 0 Å². The van der Waals surface area contributed by atoms with Crippen molar-refractivity contribution >= 4 is 23.2 Å². The summed E-state index contributed by atoms with van der Waals surface area (Å²) in [6.07, 6.45) is 5.10. The molecule has 5 nitrogen and oxygen atoms in total. The van der Waals surface area contributed by atoms with E-state index in [1.807, 2.05) is 30.3 Å². The van der Waals surface area contributed by atoms with Gasteiger partial charge in [0.25, 0.3) is 0 Å². The zero-order valence-electron chi connectivity index (χ0n) is 16.2. The van der Waals surface area contributed by atoms with E-state index in [2.05, 4.69) is 17.4 Å². The highest BCUT2D eigenvalue weighted by molar-refractivity contribution is 5.97. The van der Waals surface area contributed by atoms with E-state index in [0.717, 1.165) is 49.4 Å². The van der Waals surface area contributed by atoms with Crippen LogP contribution in [0.1, 0.15) is 49.1 Å². The van der Waals surface area contributed by atoms with Crippen molar-refractivity contribution < 1.29 is 14.3 Å². The van der Waals surface area contributed by atoms with Crippen molar-refractivity contribution in [3.05, 3.63) is 53.6 Å². The van der Waals surface area contributed by atoms with Gasteiger partial charge in [0.15, 0.2) is 0 Å². The Kier molecular flexibility index (Phi) is 5.33. The second-order valence-electron chi connectivity index (χ2n) is 7.61. The fourth-order valence-corrected chi connectivity index (χ4v) is 4.34. The van der Waals surface area contributed by atoms with Crippen LogP contribution < -0.4 is 15.0 Å². The predicted octanol–water partition coefficient (Wildman–Crippen LogP) is 4.27. The molecule has 0 radical (unpaired) electrons. The number of hydrogen-bond donors (Lipinski definition) is 1. The third-order valence-corrected chi connectivity index (χ3v) is 5.74. The van der Waals surface area contributed by atoms with E-state index in [-0.39, 0.29) is 17.7 Å². The number of aryl methyl sites for hydroxylation is 1. The van der Waals surface area contributed by atoms with Crippen LogP contribution in [0.15, 0.2) is 42.5 Å². The average molecular weight is 378 g/mol. The van der Waals surface area contributed by atoms with Crippen LogP contribution in [0.2, 0.25) is 0 Å². The Morgan fingerprint density at radius 2 is 2.07 bits per heavy atom. The van der Waals surface area contributed by atoms with Crippen LogP contribution in [-0.2, 0) is 16.0 Å². The lowest BCUT2D eigenvalue weighted by Crippen LogP contribution is -2.24. The SMILES string of the molecule is COc1ccc2c(c1)CCCC2CC(=O)Nc1cccc(N2CCCC2=O)c1. The van der Waals surface area contributed by atoms with Crippen molar-refractivity contribution in [3.8, 4) is 5.75 Å². The number of ether oxygens (including phenoxy) is 1. The highest BCUT2D eigenvalue weighted by atomic mass is 16.5. The Morgan fingerprint density at radius 1 is 1.18 bits per heavy atom. The molecule has 1 heterocycles. The van der Waals surface area contributed by atoms with Crippen LogP contribution in [0.3, 0.4) is 0 Å². The fraction of sp³-hybridized carbons (Fsp3) is 0.391. The molecule has 146 valence electrons. The number of nitrogens with zero attached hydrogens (tertiary/aromatic N) is 1. The highest BCUT2D eigenvalue weighted by Crippen LogP contribution is 2.36. The number of fused-ring (bicyclic) bond motifs is 1. The molecule has 1 atom stereocenters. The fourth-order valence-electron chi connectivity index (χ4n) is 4.34. The van der Waals surface area contributed by atoms with E-state index < -0.39 is 0 Å². The van der Waals surface area contributed by atoms with Crippen LogP contribution in [-0.4, -0.2) is 25.5 Å². The summed E-state index contributed by atoms with van der Waals surface area (Å²) in [5.74, 6) is 1.27. The summed E-state index contributed by atoms with van der Waals surface area (Å²) in [5, 5.41) is 3.02. The topological polar surface area (TPSA) is 58.6 Å². The van der Waals surface area contributed by atoms with Crippen molar-refractivity contribution in [2.24, 2.45) is 0 Å². The molecule has 1 saturated heterocycles. The smallest absolute Gasteiger partial charge is 0.227 e. The first kappa shape index (κ1) is 18.5. The summed E-state index contributed by atoms with van der Waals surface area (Å²) in [7, 11) is 1.68. The Labute approximate surface area is 165 Å². The molecule has 1 N–H and O–H groups in total. The second kappa shape index (κ2) is 8.05. The maximum atomic E-state index is 12.7. The van der Waals surface area contributed by atoms with Crippen molar-refractivity contribution in [1.29, 1.82) is 0 Å². The number of benzene rings is 2. The van der Waals surface area contributed by atoms with E-state index in [4.69, 9.17) is 4.74 Å². The lowest BCUT2D eigenvalue weighted by atomic mass is 9.81. The third-order valence-electron chi connectivity index (χ3n) is 5.74. The van der Waals surface area contributed by atoms with Crippen LogP contribution >= 0.6 is 0 Å². The van der Waals surface area contributed by atoms with Gasteiger partial charge < -0.3 is 15.0 Å². The number of carbonyl (C=O) groups is 2. The monoisotopic (exact) mass is 378 g/mol. The highest BCUT2D eigenvalue weighted by Gasteiger charge is 2.24. The Balaban J connectivity index is 1.44. The molecule has 1 aliphatic heterocycles. The Morgan fingerprint density at radius 3 is 2.86 bits per heavy atom. The number of nitrogens with one attached hydrogen (secondary N) is 1. The quantitative estimate of drug-likeness (QED) is 0.845. The molecule has 1 aliphatic carbocycles. The number of amides is 2. The van der Waals surface area contributed by atoms with Crippen molar-refractivity contribution in [2.45, 2.75) is 44.4 Å². The van der Waals surface area contributed by atoms with E-state index in [0.29, 0.717) is 12.8 Å². The van der Waals surface area contributed by atoms with E-state index in [1.165, 1.54) is 11.1 Å². The summed E-state index contributed by atoms with van der Waals surface area (Å²) in [6, 6.07) is 13.7. The molecule has 0 aromatic heterocycles. The largest absolute Gasteiger partial charge is 0.497 e. The van der Waals surface area contributed by atoms with Gasteiger partial charge in [0, 0.05) is 30.8 Å². The van der Waals surface area contributed by atoms with Gasteiger partial charge in [0.1, 0.15) is 5.75 Å². The van der Waals surface area contributed by atoms with Gasteiger partial charge in [-0.05, 0) is 73.1 Å². The summed E-state index contributed by atoms with van der Waals surface area (Å²) in [6.45, 7) is 0.749. The molecule has 1 fully saturated rings. The zero-order valence-corrected chi connectivity index (χ0v) is 16.2. The van der Waals surface area contributed by atoms with E-state index >= 15 is 0 Å². The van der Waals surface area contributed by atoms with Crippen LogP contribution in [0.5, 0.6) is 5.75 Å². The average Bonchev–Trinajstić information content (AvgIpc) is 3.14. The van der Waals surface area contributed by atoms with E-state index in [9.17, 15) is 9.59 Å². The molecular weight excluding hydrogens is 352 g/mol. The van der Waals surface area contributed by atoms with Crippen LogP contribution in [0, 0.1) is 0 Å². The molecule has 2 amide bonds. The minimum Gasteiger partial charge on any atom is -0.497 e. The van der Waals surface area contributed by atoms with Crippen LogP contribution in [0.4, 0.5) is 11.4 Å². The van der Waals surface area contributed by atoms with Gasteiger partial charge in [0.05, 0.1) is 7.11 Å². The lowest BCUT2D eigenvalue weighted by Gasteiger charge is -2.25. The number of hydrogen-bond acceptors (Lipinski definition) is 3. The molecule has 0 saturated carbocycles. The molecule has 4 rings (SSSR count). The number of rotatable bonds is 5. The Bertz CT molecular complexity index is 893. The molecule has 2 aliphatic rings. The molecule has 1 unspecified atom stereocenters. The van der Waals surface area contributed by atoms with E-state index in [1.54, 1.807) is 12.0 Å². The Hall–Kier alpha value is -2.82. The van der Waals surface area contributed by atoms with Crippen molar-refractivity contribution in [1.82, 2.24) is 0 Å². The third kappa shape index (κ3) is 3.88. The van der Waals surface area contributed by atoms with Gasteiger partial charge in [-0.2, -0.15) is 0 Å². The molecule has 0 spiro atoms. The number of carbonyl (C=O) groups excluding carboxylic acids is 2. The molecular formula is C23H26N2O3. The molecule has 2 aromatic carbocycles. The van der Waals surface area contributed by atoms with Crippen molar-refractivity contribution in [3.63, 3.8) is 0 Å². The van der Waals surface area contributed by atoms with Gasteiger partial charge in [0.2, 0.25) is 11.8 Å². The predicted molar refractivity (Wildman–Crippen MR) is 110 cm³/mol. The number of methoxy groups -OCH3 is 1. The maximum Gasteiger partial charge on any atom is 0.227 e. The second-order valence-corrected chi connectivity index (χ2v) is 7.61. The minimum absolute atomic E-state index is 0.0126. The standard InChI is InChI=1S/C23H26N2O3/c1-28-20-10-11-21-16(13-20)5-2-6-17(21)14-22(26)24-18-7-3-8-19(15-18)25-12-4-9-23(25)27/h3,7-8,10-11,13,15,17H,2,4-6,9,12,14H2,1H3,(H,24,26). The minimum atomic E-state index is 0.0126. The maximum absolute atomic E-state index is 12.7. The normalized spacial score (nSPS) is 18.7. The summed E-state index contributed by atoms with van der Waals surface area (Å²) < 4.78 is 5.33. The first-order chi connectivity index (χ1) is 13.6. The molecule has 2 aromatic rings. The number of anilines is 2. The zero-order chi connectivity index (χ0) is 19.5. The first-order valence-electron chi connectivity index (χ1n) is 10.0. The van der Waals surface area contributed by atoms with Crippen molar-refractivity contribution in [2.75, 3.05) is 23.9 Å².